The lowest BCUT2D eigenvalue weighted by atomic mass is 9.47. The second-order valence-corrected chi connectivity index (χ2v) is 18.6. The van der Waals surface area contributed by atoms with Crippen molar-refractivity contribution in [2.45, 2.75) is 80.9 Å². The summed E-state index contributed by atoms with van der Waals surface area (Å²) in [4.78, 5) is 2.37. The number of likely N-dealkylation sites (tertiary alicyclic amines) is 1. The minimum Gasteiger partial charge on any atom is -0.531 e. The molecule has 2 bridgehead atoms. The third-order valence-electron chi connectivity index (χ3n) is 11.4. The van der Waals surface area contributed by atoms with Crippen LogP contribution in [-0.4, -0.2) is 69.2 Å². The first-order chi connectivity index (χ1) is 20.7. The van der Waals surface area contributed by atoms with Gasteiger partial charge in [0.25, 0.3) is 0 Å². The van der Waals surface area contributed by atoms with Gasteiger partial charge in [-0.05, 0) is 66.3 Å². The highest BCUT2D eigenvalue weighted by Crippen LogP contribution is 2.67. The van der Waals surface area contributed by atoms with Crippen LogP contribution in [0.2, 0.25) is 5.04 Å². The zero-order valence-corrected chi connectivity index (χ0v) is 26.7. The molecule has 1 unspecified atom stereocenters. The molecule has 0 amide bonds. The Labute approximate surface area is 256 Å². The van der Waals surface area contributed by atoms with Gasteiger partial charge in [-0.2, -0.15) is 0 Å². The Balaban J connectivity index is 1.34. The Morgan fingerprint density at radius 3 is 2.19 bits per heavy atom. The molecule has 1 spiro atoms. The van der Waals surface area contributed by atoms with Crippen molar-refractivity contribution in [2.75, 3.05) is 26.8 Å². The van der Waals surface area contributed by atoms with Gasteiger partial charge in [-0.3, -0.25) is 0 Å². The van der Waals surface area contributed by atoms with Crippen LogP contribution in [0.25, 0.3) is 0 Å². The number of nitrogens with zero attached hydrogens (tertiary/aromatic N) is 1. The van der Waals surface area contributed by atoms with Crippen LogP contribution in [0.4, 0.5) is 0 Å². The maximum absolute atomic E-state index is 12.8. The van der Waals surface area contributed by atoms with Gasteiger partial charge >= 0.3 is 8.32 Å². The molecule has 2 aliphatic carbocycles. The molecule has 3 aromatic carbocycles. The molecular weight excluding hydrogens is 554 g/mol. The van der Waals surface area contributed by atoms with Crippen LogP contribution in [0, 0.1) is 5.92 Å². The summed E-state index contributed by atoms with van der Waals surface area (Å²) >= 11 is 0. The van der Waals surface area contributed by atoms with E-state index in [1.807, 2.05) is 0 Å². The van der Waals surface area contributed by atoms with E-state index in [0.29, 0.717) is 19.6 Å². The summed E-state index contributed by atoms with van der Waals surface area (Å²) in [5.41, 5.74) is 1.06. The van der Waals surface area contributed by atoms with E-state index in [1.54, 1.807) is 0 Å². The maximum Gasteiger partial charge on any atom is 0.320 e. The fourth-order valence-corrected chi connectivity index (χ4v) is 14.0. The molecule has 3 heterocycles. The van der Waals surface area contributed by atoms with Crippen molar-refractivity contribution in [1.82, 2.24) is 4.90 Å². The third kappa shape index (κ3) is 3.66. The molecular formula is C36H43NO5Si. The molecule has 7 heteroatoms. The fraction of sp³-hybridized carbons (Fsp3) is 0.500. The summed E-state index contributed by atoms with van der Waals surface area (Å²) in [5.74, 6) is 1.68. The number of hydrogen-bond donors (Lipinski definition) is 1. The van der Waals surface area contributed by atoms with Gasteiger partial charge in [-0.1, -0.05) is 87.5 Å². The average Bonchev–Trinajstić information content (AvgIpc) is 3.66. The highest BCUT2D eigenvalue weighted by atomic mass is 28.4. The van der Waals surface area contributed by atoms with Crippen molar-refractivity contribution in [3.8, 4) is 11.5 Å². The smallest absolute Gasteiger partial charge is 0.320 e. The quantitative estimate of drug-likeness (QED) is 0.440. The van der Waals surface area contributed by atoms with E-state index in [-0.39, 0.29) is 29.4 Å². The molecule has 43 heavy (non-hydrogen) atoms. The maximum atomic E-state index is 12.8. The van der Waals surface area contributed by atoms with Crippen molar-refractivity contribution in [1.29, 1.82) is 0 Å². The van der Waals surface area contributed by atoms with Gasteiger partial charge < -0.3 is 28.6 Å². The Morgan fingerprint density at radius 2 is 1.56 bits per heavy atom. The van der Waals surface area contributed by atoms with Gasteiger partial charge in [0.15, 0.2) is 12.0 Å². The van der Waals surface area contributed by atoms with Gasteiger partial charge in [0.05, 0.1) is 24.2 Å². The van der Waals surface area contributed by atoms with E-state index in [9.17, 15) is 5.11 Å². The van der Waals surface area contributed by atoms with Crippen molar-refractivity contribution in [2.24, 2.45) is 5.92 Å². The van der Waals surface area contributed by atoms with Gasteiger partial charge in [-0.25, -0.2) is 0 Å². The van der Waals surface area contributed by atoms with E-state index >= 15 is 0 Å². The van der Waals surface area contributed by atoms with E-state index in [4.69, 9.17) is 18.6 Å². The molecule has 2 saturated heterocycles. The third-order valence-corrected chi connectivity index (χ3v) is 16.4. The zero-order valence-electron chi connectivity index (χ0n) is 25.7. The number of ether oxygens (including phenoxy) is 3. The van der Waals surface area contributed by atoms with Crippen LogP contribution in [0.15, 0.2) is 72.8 Å². The van der Waals surface area contributed by atoms with E-state index in [1.165, 1.54) is 21.5 Å². The normalized spacial score (nSPS) is 31.9. The van der Waals surface area contributed by atoms with Crippen molar-refractivity contribution >= 4 is 18.7 Å². The second kappa shape index (κ2) is 9.66. The van der Waals surface area contributed by atoms with Crippen LogP contribution in [0.1, 0.15) is 51.2 Å². The van der Waals surface area contributed by atoms with Gasteiger partial charge in [0.2, 0.25) is 0 Å². The lowest BCUT2D eigenvalue weighted by Crippen LogP contribution is -2.76. The fourth-order valence-electron chi connectivity index (χ4n) is 9.58. The van der Waals surface area contributed by atoms with Crippen LogP contribution in [-0.2, 0) is 21.3 Å². The van der Waals surface area contributed by atoms with Crippen LogP contribution in [0.5, 0.6) is 11.5 Å². The van der Waals surface area contributed by atoms with Gasteiger partial charge in [0, 0.05) is 17.5 Å². The van der Waals surface area contributed by atoms with Gasteiger partial charge in [0.1, 0.15) is 11.9 Å². The Morgan fingerprint density at radius 1 is 0.907 bits per heavy atom. The van der Waals surface area contributed by atoms with E-state index in [0.717, 1.165) is 37.3 Å². The molecule has 226 valence electrons. The summed E-state index contributed by atoms with van der Waals surface area (Å²) in [6, 6.07) is 26.0. The zero-order chi connectivity index (χ0) is 29.6. The monoisotopic (exact) mass is 597 g/mol. The predicted octanol–water partition coefficient (Wildman–Crippen LogP) is 4.40. The number of likely N-dealkylation sites (N-methyl/N-ethyl adjacent to an activating group) is 1. The molecule has 5 atom stereocenters. The first-order valence-corrected chi connectivity index (χ1v) is 17.9. The van der Waals surface area contributed by atoms with Crippen molar-refractivity contribution in [3.05, 3.63) is 83.9 Å². The number of aliphatic hydroxyl groups is 1. The first kappa shape index (κ1) is 27.8. The average molecular weight is 598 g/mol. The van der Waals surface area contributed by atoms with Crippen molar-refractivity contribution < 1.29 is 23.7 Å². The molecule has 3 aliphatic heterocycles. The lowest BCUT2D eigenvalue weighted by Gasteiger charge is -2.64. The second-order valence-electron chi connectivity index (χ2n) is 14.4. The Kier molecular flexibility index (Phi) is 6.25. The lowest BCUT2D eigenvalue weighted by molar-refractivity contribution is -0.221. The molecule has 1 saturated carbocycles. The largest absolute Gasteiger partial charge is 0.531 e. The minimum atomic E-state index is -2.90. The molecule has 8 rings (SSSR count). The van der Waals surface area contributed by atoms with E-state index in [2.05, 4.69) is 106 Å². The molecule has 1 N–H and O–H groups in total. The molecule has 6 nitrogen and oxygen atoms in total. The van der Waals surface area contributed by atoms with E-state index < -0.39 is 19.3 Å². The molecule has 0 aromatic heterocycles. The van der Waals surface area contributed by atoms with Crippen LogP contribution < -0.4 is 19.5 Å². The summed E-state index contributed by atoms with van der Waals surface area (Å²) < 4.78 is 27.1. The SMILES string of the molecule is CN1CC[C@]23c4c5ccc(O[Si](c6ccccc6)(c6ccccc6)C(C)(C)C)c4O[C@H]2C(C2OCCO2)CC[C@@]3(O)[C@H]1C5. The number of rotatable bonds is 5. The summed E-state index contributed by atoms with van der Waals surface area (Å²) in [6.45, 7) is 9.06. The molecule has 3 fully saturated rings. The summed E-state index contributed by atoms with van der Waals surface area (Å²) in [6.07, 6.45) is 2.65. The van der Waals surface area contributed by atoms with Crippen molar-refractivity contribution in [3.63, 3.8) is 0 Å². The Bertz CT molecular complexity index is 1480. The minimum absolute atomic E-state index is 0.0471. The van der Waals surface area contributed by atoms with Crippen LogP contribution >= 0.6 is 0 Å². The standard InChI is InChI=1S/C36H43NO5Si/c1-34(2,3)43(25-11-7-5-8-12-25,26-13-9-6-10-14-26)42-28-16-15-24-23-29-36(38)18-17-27(33-39-21-22-40-33)32-35(36,19-20-37(29)4)30(24)31(28)41-32/h5-16,27,29,32-33,38H,17-23H2,1-4H3/t27?,29-,32+,35+,36-/m1/s1. The summed E-state index contributed by atoms with van der Waals surface area (Å²) in [5, 5.41) is 15.1. The predicted molar refractivity (Wildman–Crippen MR) is 169 cm³/mol. The Hall–Kier alpha value is -2.68. The number of benzene rings is 3. The molecule has 0 radical (unpaired) electrons. The molecule has 3 aromatic rings. The van der Waals surface area contributed by atoms with Gasteiger partial charge in [-0.15, -0.1) is 0 Å². The first-order valence-electron chi connectivity index (χ1n) is 16.0. The highest BCUT2D eigenvalue weighted by Gasteiger charge is 2.73. The summed E-state index contributed by atoms with van der Waals surface area (Å²) in [7, 11) is -0.736. The van der Waals surface area contributed by atoms with Crippen LogP contribution in [0.3, 0.4) is 0 Å². The highest BCUT2D eigenvalue weighted by molar-refractivity contribution is 7.00. The number of hydrogen-bond acceptors (Lipinski definition) is 6. The molecule has 5 aliphatic rings. The topological polar surface area (TPSA) is 60.4 Å². The number of piperidine rings is 1.